The third kappa shape index (κ3) is 2.51. The summed E-state index contributed by atoms with van der Waals surface area (Å²) in [6.07, 6.45) is 2.50. The van der Waals surface area contributed by atoms with E-state index in [1.54, 1.807) is 12.1 Å². The van der Waals surface area contributed by atoms with Crippen LogP contribution in [0.3, 0.4) is 0 Å². The van der Waals surface area contributed by atoms with Gasteiger partial charge < -0.3 is 10.2 Å². The van der Waals surface area contributed by atoms with E-state index < -0.39 is 0 Å². The maximum atomic E-state index is 10.4. The van der Waals surface area contributed by atoms with Crippen LogP contribution < -0.4 is 0 Å². The summed E-state index contributed by atoms with van der Waals surface area (Å²) < 4.78 is 0. The average molecular weight is 270 g/mol. The van der Waals surface area contributed by atoms with Gasteiger partial charge in [0.15, 0.2) is 0 Å². The maximum Gasteiger partial charge on any atom is 0.130 e. The molecule has 0 amide bonds. The predicted octanol–water partition coefficient (Wildman–Crippen LogP) is 4.45. The van der Waals surface area contributed by atoms with Crippen molar-refractivity contribution in [3.05, 3.63) is 47.0 Å². The van der Waals surface area contributed by atoms with Crippen molar-refractivity contribution in [2.45, 2.75) is 40.0 Å². The molecule has 2 heteroatoms. The van der Waals surface area contributed by atoms with Crippen molar-refractivity contribution in [2.24, 2.45) is 0 Å². The molecule has 0 unspecified atom stereocenters. The minimum atomic E-state index is 0.165. The first-order valence-corrected chi connectivity index (χ1v) is 7.28. The minimum absolute atomic E-state index is 0.165. The third-order valence-electron chi connectivity index (χ3n) is 3.87. The van der Waals surface area contributed by atoms with Crippen molar-refractivity contribution in [3.8, 4) is 22.6 Å². The Morgan fingerprint density at radius 3 is 2.15 bits per heavy atom. The SMILES string of the molecule is CCc1ccc(CC)c(-c2ccc(O)c(CC)c2O)c1. The maximum absolute atomic E-state index is 10.4. The molecule has 0 saturated heterocycles. The second kappa shape index (κ2) is 6.00. The van der Waals surface area contributed by atoms with Crippen LogP contribution in [0.5, 0.6) is 11.5 Å². The number of rotatable bonds is 4. The van der Waals surface area contributed by atoms with Gasteiger partial charge in [0.2, 0.25) is 0 Å². The summed E-state index contributed by atoms with van der Waals surface area (Å²) in [7, 11) is 0. The zero-order valence-corrected chi connectivity index (χ0v) is 12.4. The molecule has 0 aromatic heterocycles. The molecule has 20 heavy (non-hydrogen) atoms. The number of aryl methyl sites for hydroxylation is 2. The highest BCUT2D eigenvalue weighted by molar-refractivity contribution is 5.76. The van der Waals surface area contributed by atoms with Crippen LogP contribution in [0.15, 0.2) is 30.3 Å². The Morgan fingerprint density at radius 2 is 1.55 bits per heavy atom. The highest BCUT2D eigenvalue weighted by Crippen LogP contribution is 2.39. The molecular formula is C18H22O2. The number of phenolic OH excluding ortho intramolecular Hbond substituents is 2. The standard InChI is InChI=1S/C18H22O2/c1-4-12-7-8-13(5-2)16(11-12)15-9-10-17(19)14(6-3)18(15)20/h7-11,19-20H,4-6H2,1-3H3. The van der Waals surface area contributed by atoms with Crippen molar-refractivity contribution in [2.75, 3.05) is 0 Å². The Hall–Kier alpha value is -1.96. The van der Waals surface area contributed by atoms with Gasteiger partial charge in [-0.2, -0.15) is 0 Å². The Kier molecular flexibility index (Phi) is 4.33. The molecule has 0 aliphatic heterocycles. The van der Waals surface area contributed by atoms with E-state index in [1.165, 1.54) is 11.1 Å². The lowest BCUT2D eigenvalue weighted by Crippen LogP contribution is -1.93. The van der Waals surface area contributed by atoms with Gasteiger partial charge in [-0.05, 0) is 48.1 Å². The van der Waals surface area contributed by atoms with Crippen molar-refractivity contribution in [1.82, 2.24) is 0 Å². The van der Waals surface area contributed by atoms with Crippen LogP contribution in [0.4, 0.5) is 0 Å². The molecule has 0 saturated carbocycles. The number of hydrogen-bond donors (Lipinski definition) is 2. The summed E-state index contributed by atoms with van der Waals surface area (Å²) in [5.41, 5.74) is 4.96. The van der Waals surface area contributed by atoms with Crippen molar-refractivity contribution in [1.29, 1.82) is 0 Å². The van der Waals surface area contributed by atoms with E-state index in [1.807, 2.05) is 6.92 Å². The molecule has 106 valence electrons. The quantitative estimate of drug-likeness (QED) is 0.861. The molecule has 2 nitrogen and oxygen atoms in total. The van der Waals surface area contributed by atoms with Crippen molar-refractivity contribution >= 4 is 0 Å². The van der Waals surface area contributed by atoms with Gasteiger partial charge in [0.05, 0.1) is 0 Å². The normalized spacial score (nSPS) is 10.8. The van der Waals surface area contributed by atoms with Crippen LogP contribution in [0, 0.1) is 0 Å². The van der Waals surface area contributed by atoms with E-state index in [-0.39, 0.29) is 11.5 Å². The van der Waals surface area contributed by atoms with Crippen molar-refractivity contribution in [3.63, 3.8) is 0 Å². The van der Waals surface area contributed by atoms with E-state index in [4.69, 9.17) is 0 Å². The Bertz CT molecular complexity index is 615. The fraction of sp³-hybridized carbons (Fsp3) is 0.333. The first-order valence-electron chi connectivity index (χ1n) is 7.28. The predicted molar refractivity (Wildman–Crippen MR) is 83.3 cm³/mol. The second-order valence-corrected chi connectivity index (χ2v) is 5.01. The van der Waals surface area contributed by atoms with Gasteiger partial charge in [-0.1, -0.05) is 39.0 Å². The van der Waals surface area contributed by atoms with Gasteiger partial charge in [0, 0.05) is 11.1 Å². The zero-order chi connectivity index (χ0) is 14.7. The molecule has 2 rings (SSSR count). The summed E-state index contributed by atoms with van der Waals surface area (Å²) in [6, 6.07) is 9.89. The van der Waals surface area contributed by atoms with Gasteiger partial charge in [0.25, 0.3) is 0 Å². The van der Waals surface area contributed by atoms with E-state index >= 15 is 0 Å². The highest BCUT2D eigenvalue weighted by atomic mass is 16.3. The Labute approximate surface area is 120 Å². The smallest absolute Gasteiger partial charge is 0.130 e. The molecule has 0 fully saturated rings. The Morgan fingerprint density at radius 1 is 0.800 bits per heavy atom. The zero-order valence-electron chi connectivity index (χ0n) is 12.4. The number of aromatic hydroxyl groups is 2. The number of phenols is 2. The topological polar surface area (TPSA) is 40.5 Å². The first-order chi connectivity index (χ1) is 9.62. The van der Waals surface area contributed by atoms with Crippen molar-refractivity contribution < 1.29 is 10.2 Å². The lowest BCUT2D eigenvalue weighted by molar-refractivity contribution is 0.441. The Balaban J connectivity index is 2.67. The fourth-order valence-corrected chi connectivity index (χ4v) is 2.59. The molecule has 0 radical (unpaired) electrons. The van der Waals surface area contributed by atoms with Crippen LogP contribution in [0.1, 0.15) is 37.5 Å². The molecular weight excluding hydrogens is 248 g/mol. The minimum Gasteiger partial charge on any atom is -0.508 e. The first kappa shape index (κ1) is 14.4. The molecule has 0 aliphatic carbocycles. The molecule has 0 aliphatic rings. The molecule has 0 heterocycles. The molecule has 2 aromatic carbocycles. The number of benzene rings is 2. The molecule has 0 bridgehead atoms. The van der Waals surface area contributed by atoms with Crippen LogP contribution in [0.2, 0.25) is 0 Å². The lowest BCUT2D eigenvalue weighted by atomic mass is 9.92. The van der Waals surface area contributed by atoms with Crippen LogP contribution in [0.25, 0.3) is 11.1 Å². The highest BCUT2D eigenvalue weighted by Gasteiger charge is 2.14. The molecule has 0 spiro atoms. The van der Waals surface area contributed by atoms with Gasteiger partial charge in [-0.25, -0.2) is 0 Å². The van der Waals surface area contributed by atoms with E-state index in [2.05, 4.69) is 32.0 Å². The van der Waals surface area contributed by atoms with Gasteiger partial charge in [-0.3, -0.25) is 0 Å². The van der Waals surface area contributed by atoms with Gasteiger partial charge >= 0.3 is 0 Å². The monoisotopic (exact) mass is 270 g/mol. The summed E-state index contributed by atoms with van der Waals surface area (Å²) in [6.45, 7) is 6.17. The fourth-order valence-electron chi connectivity index (χ4n) is 2.59. The molecule has 0 atom stereocenters. The third-order valence-corrected chi connectivity index (χ3v) is 3.87. The van der Waals surface area contributed by atoms with Crippen LogP contribution in [-0.4, -0.2) is 10.2 Å². The largest absolute Gasteiger partial charge is 0.508 e. The summed E-state index contributed by atoms with van der Waals surface area (Å²) >= 11 is 0. The van der Waals surface area contributed by atoms with Gasteiger partial charge in [-0.15, -0.1) is 0 Å². The average Bonchev–Trinajstić information content (AvgIpc) is 2.47. The summed E-state index contributed by atoms with van der Waals surface area (Å²) in [4.78, 5) is 0. The van der Waals surface area contributed by atoms with E-state index in [0.29, 0.717) is 12.0 Å². The van der Waals surface area contributed by atoms with Crippen LogP contribution in [-0.2, 0) is 19.3 Å². The summed E-state index contributed by atoms with van der Waals surface area (Å²) in [5.74, 6) is 0.369. The van der Waals surface area contributed by atoms with E-state index in [9.17, 15) is 10.2 Å². The molecule has 2 N–H and O–H groups in total. The lowest BCUT2D eigenvalue weighted by Gasteiger charge is -2.14. The number of hydrogen-bond acceptors (Lipinski definition) is 2. The van der Waals surface area contributed by atoms with E-state index in [0.717, 1.165) is 24.0 Å². The van der Waals surface area contributed by atoms with Crippen LogP contribution >= 0.6 is 0 Å². The summed E-state index contributed by atoms with van der Waals surface area (Å²) in [5, 5.41) is 20.3. The molecule has 2 aromatic rings. The van der Waals surface area contributed by atoms with Gasteiger partial charge in [0.1, 0.15) is 11.5 Å². The second-order valence-electron chi connectivity index (χ2n) is 5.01.